The van der Waals surface area contributed by atoms with Crippen LogP contribution in [0, 0.1) is 4.84 Å². The van der Waals surface area contributed by atoms with Crippen molar-refractivity contribution in [1.29, 1.82) is 0 Å². The molecular formula is C9H8N2OS2. The van der Waals surface area contributed by atoms with Crippen LogP contribution >= 0.6 is 24.0 Å². The van der Waals surface area contributed by atoms with Crippen molar-refractivity contribution in [2.24, 2.45) is 0 Å². The average molecular weight is 224 g/mol. The van der Waals surface area contributed by atoms with Gasteiger partial charge in [0.15, 0.2) is 5.82 Å². The summed E-state index contributed by atoms with van der Waals surface area (Å²) in [6.45, 7) is 0. The van der Waals surface area contributed by atoms with Crippen LogP contribution in [0.25, 0.3) is 0 Å². The van der Waals surface area contributed by atoms with Crippen LogP contribution in [0.1, 0.15) is 5.82 Å². The molecule has 0 aliphatic rings. The Morgan fingerprint density at radius 2 is 2.14 bits per heavy atom. The van der Waals surface area contributed by atoms with Crippen molar-refractivity contribution >= 4 is 24.0 Å². The Kier molecular flexibility index (Phi) is 3.00. The molecule has 0 aliphatic heterocycles. The maximum Gasteiger partial charge on any atom is 0.314 e. The SMILES string of the molecule is S=c1nc(CSc2ccccc2)[nH]o1. The summed E-state index contributed by atoms with van der Waals surface area (Å²) < 4.78 is 4.82. The average Bonchev–Trinajstić information content (AvgIpc) is 2.63. The Hall–Kier alpha value is -1.07. The lowest BCUT2D eigenvalue weighted by Crippen LogP contribution is -1.82. The van der Waals surface area contributed by atoms with E-state index in [2.05, 4.69) is 22.3 Å². The van der Waals surface area contributed by atoms with Gasteiger partial charge >= 0.3 is 4.84 Å². The zero-order chi connectivity index (χ0) is 9.80. The van der Waals surface area contributed by atoms with Crippen molar-refractivity contribution in [1.82, 2.24) is 10.1 Å². The highest BCUT2D eigenvalue weighted by Gasteiger charge is 1.99. The van der Waals surface area contributed by atoms with Crippen molar-refractivity contribution in [2.75, 3.05) is 0 Å². The first-order valence-corrected chi connectivity index (χ1v) is 5.46. The highest BCUT2D eigenvalue weighted by Crippen LogP contribution is 2.20. The van der Waals surface area contributed by atoms with E-state index in [0.717, 1.165) is 11.6 Å². The second-order valence-electron chi connectivity index (χ2n) is 2.63. The zero-order valence-corrected chi connectivity index (χ0v) is 8.90. The highest BCUT2D eigenvalue weighted by atomic mass is 32.2. The van der Waals surface area contributed by atoms with E-state index in [1.807, 2.05) is 18.2 Å². The minimum atomic E-state index is 0.258. The van der Waals surface area contributed by atoms with E-state index in [1.54, 1.807) is 11.8 Å². The Bertz CT molecular complexity index is 449. The second-order valence-corrected chi connectivity index (χ2v) is 4.03. The van der Waals surface area contributed by atoms with Crippen molar-refractivity contribution in [2.45, 2.75) is 10.6 Å². The lowest BCUT2D eigenvalue weighted by molar-refractivity contribution is 0.400. The summed E-state index contributed by atoms with van der Waals surface area (Å²) in [5, 5.41) is 2.66. The van der Waals surface area contributed by atoms with Crippen molar-refractivity contribution in [3.05, 3.63) is 41.0 Å². The van der Waals surface area contributed by atoms with Gasteiger partial charge in [-0.1, -0.05) is 18.2 Å². The first kappa shape index (κ1) is 9.48. The number of rotatable bonds is 3. The lowest BCUT2D eigenvalue weighted by atomic mass is 10.4. The first-order chi connectivity index (χ1) is 6.84. The number of hydrogen-bond donors (Lipinski definition) is 1. The number of aromatic amines is 1. The van der Waals surface area contributed by atoms with Gasteiger partial charge in [-0.2, -0.15) is 4.98 Å². The number of nitrogens with one attached hydrogen (secondary N) is 1. The van der Waals surface area contributed by atoms with E-state index < -0.39 is 0 Å². The van der Waals surface area contributed by atoms with Gasteiger partial charge in [-0.3, -0.25) is 0 Å². The molecule has 0 spiro atoms. The van der Waals surface area contributed by atoms with Gasteiger partial charge in [-0.25, -0.2) is 5.16 Å². The van der Waals surface area contributed by atoms with Gasteiger partial charge in [-0.15, -0.1) is 11.8 Å². The molecule has 0 fully saturated rings. The van der Waals surface area contributed by atoms with Crippen molar-refractivity contribution < 1.29 is 4.52 Å². The third-order valence-electron chi connectivity index (χ3n) is 1.60. The molecule has 0 radical (unpaired) electrons. The van der Waals surface area contributed by atoms with E-state index in [-0.39, 0.29) is 4.84 Å². The fraction of sp³-hybridized carbons (Fsp3) is 0.111. The quantitative estimate of drug-likeness (QED) is 0.642. The number of benzene rings is 1. The summed E-state index contributed by atoms with van der Waals surface area (Å²) in [6, 6.07) is 10.1. The van der Waals surface area contributed by atoms with Crippen LogP contribution in [-0.2, 0) is 5.75 Å². The molecule has 72 valence electrons. The van der Waals surface area contributed by atoms with E-state index in [1.165, 1.54) is 4.90 Å². The number of hydrogen-bond acceptors (Lipinski definition) is 4. The molecule has 0 saturated heterocycles. The molecule has 5 heteroatoms. The Labute approximate surface area is 90.5 Å². The van der Waals surface area contributed by atoms with Gasteiger partial charge in [0, 0.05) is 4.90 Å². The van der Waals surface area contributed by atoms with E-state index in [4.69, 9.17) is 16.7 Å². The van der Waals surface area contributed by atoms with Crippen LogP contribution in [0.3, 0.4) is 0 Å². The van der Waals surface area contributed by atoms with Gasteiger partial charge < -0.3 is 4.52 Å². The first-order valence-electron chi connectivity index (χ1n) is 4.07. The van der Waals surface area contributed by atoms with Crippen molar-refractivity contribution in [3.8, 4) is 0 Å². The van der Waals surface area contributed by atoms with Crippen molar-refractivity contribution in [3.63, 3.8) is 0 Å². The minimum absolute atomic E-state index is 0.258. The maximum absolute atomic E-state index is 4.82. The van der Waals surface area contributed by atoms with Crippen LogP contribution in [0.15, 0.2) is 39.8 Å². The monoisotopic (exact) mass is 224 g/mol. The van der Waals surface area contributed by atoms with Crippen LogP contribution in [-0.4, -0.2) is 10.1 Å². The summed E-state index contributed by atoms with van der Waals surface area (Å²) in [6.07, 6.45) is 0. The van der Waals surface area contributed by atoms with Gasteiger partial charge in [-0.05, 0) is 24.4 Å². The fourth-order valence-electron chi connectivity index (χ4n) is 0.989. The third-order valence-corrected chi connectivity index (χ3v) is 2.80. The molecule has 1 N–H and O–H groups in total. The minimum Gasteiger partial charge on any atom is -0.348 e. The fourth-order valence-corrected chi connectivity index (χ4v) is 1.92. The van der Waals surface area contributed by atoms with Crippen LogP contribution in [0.5, 0.6) is 0 Å². The number of H-pyrrole nitrogens is 1. The Balaban J connectivity index is 1.98. The molecule has 1 aromatic heterocycles. The summed E-state index contributed by atoms with van der Waals surface area (Å²) in [4.78, 5) is 5.46. The van der Waals surface area contributed by atoms with Crippen LogP contribution in [0.4, 0.5) is 0 Å². The number of nitrogens with zero attached hydrogens (tertiary/aromatic N) is 1. The van der Waals surface area contributed by atoms with E-state index >= 15 is 0 Å². The molecule has 0 atom stereocenters. The summed E-state index contributed by atoms with van der Waals surface area (Å²) in [5.74, 6) is 1.51. The van der Waals surface area contributed by atoms with Crippen LogP contribution in [0.2, 0.25) is 0 Å². The summed E-state index contributed by atoms with van der Waals surface area (Å²) in [7, 11) is 0. The highest BCUT2D eigenvalue weighted by molar-refractivity contribution is 7.98. The zero-order valence-electron chi connectivity index (χ0n) is 7.27. The molecule has 0 amide bonds. The summed E-state index contributed by atoms with van der Waals surface area (Å²) in [5.41, 5.74) is 0. The molecule has 1 aromatic carbocycles. The molecule has 0 saturated carbocycles. The van der Waals surface area contributed by atoms with Gasteiger partial charge in [0.1, 0.15) is 0 Å². The smallest absolute Gasteiger partial charge is 0.314 e. The topological polar surface area (TPSA) is 41.8 Å². The second kappa shape index (κ2) is 4.43. The van der Waals surface area contributed by atoms with Gasteiger partial charge in [0.2, 0.25) is 0 Å². The Morgan fingerprint density at radius 3 is 2.79 bits per heavy atom. The van der Waals surface area contributed by atoms with Gasteiger partial charge in [0.05, 0.1) is 5.75 Å². The number of thioether (sulfide) groups is 1. The normalized spacial score (nSPS) is 10.3. The largest absolute Gasteiger partial charge is 0.348 e. The predicted octanol–water partition coefficient (Wildman–Crippen LogP) is 3.02. The molecule has 0 aliphatic carbocycles. The molecule has 0 unspecified atom stereocenters. The lowest BCUT2D eigenvalue weighted by Gasteiger charge is -1.96. The van der Waals surface area contributed by atoms with Gasteiger partial charge in [0.25, 0.3) is 0 Å². The molecule has 1 heterocycles. The molecular weight excluding hydrogens is 216 g/mol. The molecule has 14 heavy (non-hydrogen) atoms. The van der Waals surface area contributed by atoms with E-state index in [9.17, 15) is 0 Å². The van der Waals surface area contributed by atoms with Crippen LogP contribution < -0.4 is 0 Å². The standard InChI is InChI=1S/C9H8N2OS2/c13-9-10-8(11-12-9)6-14-7-4-2-1-3-5-7/h1-5H,6H2,(H,10,11,13). The molecule has 2 rings (SSSR count). The number of aromatic nitrogens is 2. The van der Waals surface area contributed by atoms with E-state index in [0.29, 0.717) is 0 Å². The molecule has 2 aromatic rings. The molecule has 0 bridgehead atoms. The predicted molar refractivity (Wildman–Crippen MR) is 57.7 cm³/mol. The molecule has 3 nitrogen and oxygen atoms in total. The third kappa shape index (κ3) is 2.46. The summed E-state index contributed by atoms with van der Waals surface area (Å²) >= 11 is 6.43. The Morgan fingerprint density at radius 1 is 1.36 bits per heavy atom. The maximum atomic E-state index is 4.82.